The first-order valence-electron chi connectivity index (χ1n) is 10.9. The van der Waals surface area contributed by atoms with Crippen LogP contribution in [0.25, 0.3) is 21.6 Å². The molecule has 0 bridgehead atoms. The van der Waals surface area contributed by atoms with Gasteiger partial charge >= 0.3 is 0 Å². The molecule has 2 aromatic heterocycles. The number of nitrogens with one attached hydrogen (secondary N) is 1. The number of rotatable bonds is 6. The minimum atomic E-state index is -3.12. The third-order valence-corrected chi connectivity index (χ3v) is 8.39. The van der Waals surface area contributed by atoms with Crippen LogP contribution in [0.2, 0.25) is 0 Å². The number of benzene rings is 2. The Kier molecular flexibility index (Phi) is 6.31. The average Bonchev–Trinajstić information content (AvgIpc) is 3.54. The summed E-state index contributed by atoms with van der Waals surface area (Å²) in [5.41, 5.74) is 4.39. The maximum Gasteiger partial charge on any atom is 0.244 e. The minimum Gasteiger partial charge on any atom is -0.342 e. The van der Waals surface area contributed by atoms with Crippen LogP contribution in [0.4, 0.5) is 11.4 Å². The van der Waals surface area contributed by atoms with Crippen molar-refractivity contribution in [3.8, 4) is 11.4 Å². The van der Waals surface area contributed by atoms with Gasteiger partial charge in [0, 0.05) is 22.9 Å². The molecule has 4 aromatic rings. The average molecular weight is 512 g/mol. The number of thiazole rings is 1. The quantitative estimate of drug-likeness (QED) is 0.417. The summed E-state index contributed by atoms with van der Waals surface area (Å²) in [6.07, 6.45) is 1.74. The Balaban J connectivity index is 1.35. The molecule has 12 heteroatoms. The first kappa shape index (κ1) is 23.1. The van der Waals surface area contributed by atoms with E-state index in [0.29, 0.717) is 17.2 Å². The van der Waals surface area contributed by atoms with Gasteiger partial charge in [-0.1, -0.05) is 5.16 Å². The van der Waals surface area contributed by atoms with Crippen LogP contribution in [-0.2, 0) is 19.4 Å². The first-order valence-corrected chi connectivity index (χ1v) is 13.6. The lowest BCUT2D eigenvalue weighted by Crippen LogP contribution is -2.43. The van der Waals surface area contributed by atoms with E-state index < -0.39 is 15.8 Å². The zero-order valence-electron chi connectivity index (χ0n) is 18.5. The van der Waals surface area contributed by atoms with Crippen molar-refractivity contribution in [2.75, 3.05) is 28.3 Å². The molecule has 0 aliphatic carbocycles. The van der Waals surface area contributed by atoms with Gasteiger partial charge in [-0.25, -0.2) is 13.4 Å². The van der Waals surface area contributed by atoms with Crippen molar-refractivity contribution in [2.45, 2.75) is 12.8 Å². The van der Waals surface area contributed by atoms with Crippen molar-refractivity contribution >= 4 is 54.6 Å². The van der Waals surface area contributed by atoms with Gasteiger partial charge in [0.2, 0.25) is 24.0 Å². The summed E-state index contributed by atoms with van der Waals surface area (Å²) in [6, 6.07) is 12.3. The predicted molar refractivity (Wildman–Crippen MR) is 132 cm³/mol. The van der Waals surface area contributed by atoms with E-state index in [0.717, 1.165) is 15.8 Å². The topological polar surface area (TPSA) is 135 Å². The number of sulfone groups is 1. The van der Waals surface area contributed by atoms with E-state index >= 15 is 0 Å². The second-order valence-corrected chi connectivity index (χ2v) is 11.4. The van der Waals surface area contributed by atoms with Crippen molar-refractivity contribution in [3.63, 3.8) is 0 Å². The zero-order valence-corrected chi connectivity index (χ0v) is 20.1. The Labute approximate surface area is 204 Å². The summed E-state index contributed by atoms with van der Waals surface area (Å²) >= 11 is 1.44. The second kappa shape index (κ2) is 9.55. The maximum absolute atomic E-state index is 13.5. The van der Waals surface area contributed by atoms with Gasteiger partial charge in [-0.3, -0.25) is 9.59 Å². The van der Waals surface area contributed by atoms with Gasteiger partial charge < -0.3 is 14.7 Å². The van der Waals surface area contributed by atoms with Crippen LogP contribution in [0.15, 0.2) is 58.9 Å². The Bertz CT molecular complexity index is 1450. The lowest BCUT2D eigenvalue weighted by molar-refractivity contribution is -0.124. The highest BCUT2D eigenvalue weighted by Crippen LogP contribution is 2.28. The minimum absolute atomic E-state index is 0.0238. The van der Waals surface area contributed by atoms with E-state index in [1.807, 2.05) is 6.07 Å². The molecule has 1 aliphatic rings. The molecule has 0 unspecified atom stereocenters. The molecule has 3 heterocycles. The largest absolute Gasteiger partial charge is 0.342 e. The molecule has 1 N–H and O–H groups in total. The Morgan fingerprint density at radius 2 is 1.86 bits per heavy atom. The van der Waals surface area contributed by atoms with Gasteiger partial charge in [0.1, 0.15) is 16.4 Å². The molecule has 1 saturated heterocycles. The Morgan fingerprint density at radius 3 is 2.57 bits per heavy atom. The summed E-state index contributed by atoms with van der Waals surface area (Å²) in [5.74, 6) is -0.705. The summed E-state index contributed by atoms with van der Waals surface area (Å²) in [6.45, 7) is -0.209. The highest BCUT2D eigenvalue weighted by Gasteiger charge is 2.33. The molecule has 2 amide bonds. The van der Waals surface area contributed by atoms with E-state index in [1.54, 1.807) is 41.9 Å². The molecular formula is C23H21N5O5S2. The van der Waals surface area contributed by atoms with Crippen molar-refractivity contribution in [2.24, 2.45) is 5.92 Å². The zero-order chi connectivity index (χ0) is 24.4. The molecular weight excluding hydrogens is 490 g/mol. The normalized spacial score (nSPS) is 15.7. The predicted octanol–water partition coefficient (Wildman–Crippen LogP) is 3.14. The molecule has 2 aromatic carbocycles. The number of hydrogen-bond acceptors (Lipinski definition) is 9. The van der Waals surface area contributed by atoms with Crippen molar-refractivity contribution in [1.29, 1.82) is 0 Å². The van der Waals surface area contributed by atoms with E-state index in [2.05, 4.69) is 20.4 Å². The van der Waals surface area contributed by atoms with Crippen molar-refractivity contribution in [3.05, 3.63) is 54.4 Å². The molecule has 1 aliphatic heterocycles. The van der Waals surface area contributed by atoms with Crippen LogP contribution in [0.5, 0.6) is 0 Å². The van der Waals surface area contributed by atoms with E-state index in [4.69, 9.17) is 4.52 Å². The highest BCUT2D eigenvalue weighted by atomic mass is 32.2. The second-order valence-electron chi connectivity index (χ2n) is 8.24. The van der Waals surface area contributed by atoms with Gasteiger partial charge in [-0.15, -0.1) is 11.3 Å². The van der Waals surface area contributed by atoms with Gasteiger partial charge in [0.15, 0.2) is 0 Å². The number of anilines is 2. The number of fused-ring (bicyclic) bond motifs is 1. The number of hydrogen-bond donors (Lipinski definition) is 1. The number of nitrogens with zero attached hydrogens (tertiary/aromatic N) is 4. The molecule has 0 spiro atoms. The molecule has 1 fully saturated rings. The summed E-state index contributed by atoms with van der Waals surface area (Å²) in [5, 5.41) is 6.60. The number of amides is 2. The molecule has 0 saturated carbocycles. The third kappa shape index (κ3) is 5.23. The fraction of sp³-hybridized carbons (Fsp3) is 0.261. The fourth-order valence-corrected chi connectivity index (χ4v) is 6.21. The van der Waals surface area contributed by atoms with Crippen LogP contribution < -0.4 is 10.2 Å². The van der Waals surface area contributed by atoms with E-state index in [1.165, 1.54) is 22.6 Å². The molecule has 35 heavy (non-hydrogen) atoms. The lowest BCUT2D eigenvalue weighted by atomic mass is 10.0. The van der Waals surface area contributed by atoms with Crippen molar-refractivity contribution in [1.82, 2.24) is 15.1 Å². The van der Waals surface area contributed by atoms with Crippen LogP contribution in [0.3, 0.4) is 0 Å². The molecule has 5 rings (SSSR count). The van der Waals surface area contributed by atoms with Crippen LogP contribution in [-0.4, -0.2) is 53.4 Å². The summed E-state index contributed by atoms with van der Waals surface area (Å²) < 4.78 is 29.3. The van der Waals surface area contributed by atoms with Crippen molar-refractivity contribution < 1.29 is 22.5 Å². The Morgan fingerprint density at radius 1 is 1.09 bits per heavy atom. The summed E-state index contributed by atoms with van der Waals surface area (Å²) in [7, 11) is -3.12. The maximum atomic E-state index is 13.5. The molecule has 10 nitrogen and oxygen atoms in total. The van der Waals surface area contributed by atoms with E-state index in [9.17, 15) is 18.0 Å². The molecule has 0 radical (unpaired) electrons. The molecule has 0 atom stereocenters. The monoisotopic (exact) mass is 511 g/mol. The van der Waals surface area contributed by atoms with Gasteiger partial charge in [0.05, 0.1) is 27.2 Å². The first-order chi connectivity index (χ1) is 16.9. The number of aromatic nitrogens is 3. The third-order valence-electron chi connectivity index (χ3n) is 5.89. The van der Waals surface area contributed by atoms with Crippen LogP contribution in [0.1, 0.15) is 12.8 Å². The number of carbonyl (C=O) groups is 2. The Hall–Kier alpha value is -3.64. The van der Waals surface area contributed by atoms with Crippen LogP contribution >= 0.6 is 11.3 Å². The van der Waals surface area contributed by atoms with Gasteiger partial charge in [0.25, 0.3) is 0 Å². The fourth-order valence-electron chi connectivity index (χ4n) is 4.01. The highest BCUT2D eigenvalue weighted by molar-refractivity contribution is 7.91. The SMILES string of the molecule is O=C(CN(C(=O)C1CCS(=O)(=O)CC1)c1ccc2ncsc2c1)Nc1ccc(-c2ncon2)cc1. The smallest absolute Gasteiger partial charge is 0.244 e. The van der Waals surface area contributed by atoms with Crippen LogP contribution in [0, 0.1) is 5.92 Å². The standard InChI is InChI=1S/C23H21N5O5S2/c29-21(26-17-3-1-15(2-4-17)22-24-13-33-27-22)12-28(18-5-6-19-20(11-18)34-14-25-19)23(30)16-7-9-35(31,32)10-8-16/h1-6,11,13-14,16H,7-10,12H2,(H,26,29). The summed E-state index contributed by atoms with van der Waals surface area (Å²) in [4.78, 5) is 36.1. The number of carbonyl (C=O) groups excluding carboxylic acids is 2. The van der Waals surface area contributed by atoms with E-state index in [-0.39, 0.29) is 42.7 Å². The van der Waals surface area contributed by atoms with Gasteiger partial charge in [-0.05, 0) is 55.3 Å². The lowest BCUT2D eigenvalue weighted by Gasteiger charge is -2.29. The molecule has 180 valence electrons. The van der Waals surface area contributed by atoms with Gasteiger partial charge in [-0.2, -0.15) is 4.98 Å².